The van der Waals surface area contributed by atoms with Gasteiger partial charge in [0, 0.05) is 64.9 Å². The standard InChI is InChI=1S/C12H8O.4C8H6N2/c1-3-7-11-9(5-1)10-6-2-4-8-12(10)13-11;1-3-7-8(9-5-1)4-2-6-10-7;1-3-7-4-2-6-10-8(7)9-5-1;1-2-4-8-7(3-1)5-9-6-10-8;1-2-4-8-7(3-1)9-5-6-10-8/h1-8H;4*1-6H. The number of aromatic nitrogens is 8. The molecular weight excluding hydrogens is 657 g/mol. The summed E-state index contributed by atoms with van der Waals surface area (Å²) < 4.78 is 5.65. The maximum atomic E-state index is 5.65. The summed E-state index contributed by atoms with van der Waals surface area (Å²) in [5.41, 5.74) is 7.53. The van der Waals surface area contributed by atoms with E-state index in [9.17, 15) is 0 Å². The van der Waals surface area contributed by atoms with Gasteiger partial charge in [0.25, 0.3) is 0 Å². The molecule has 0 radical (unpaired) electrons. The van der Waals surface area contributed by atoms with Gasteiger partial charge in [0.15, 0.2) is 5.65 Å². The van der Waals surface area contributed by atoms with E-state index in [4.69, 9.17) is 4.42 Å². The van der Waals surface area contributed by atoms with E-state index in [1.807, 2.05) is 140 Å². The van der Waals surface area contributed by atoms with Crippen molar-refractivity contribution >= 4 is 65.9 Å². The molecule has 9 nitrogen and oxygen atoms in total. The van der Waals surface area contributed by atoms with Crippen LogP contribution in [-0.2, 0) is 0 Å². The second-order valence-corrected chi connectivity index (χ2v) is 11.3. The Kier molecular flexibility index (Phi) is 11.2. The van der Waals surface area contributed by atoms with E-state index in [2.05, 4.69) is 52.0 Å². The lowest BCUT2D eigenvalue weighted by Gasteiger charge is -1.90. The Balaban J connectivity index is 0.000000103. The van der Waals surface area contributed by atoms with Crippen LogP contribution in [0.4, 0.5) is 0 Å². The molecule has 0 fully saturated rings. The Morgan fingerprint density at radius 1 is 0.321 bits per heavy atom. The molecule has 0 atom stereocenters. The molecule has 0 aliphatic rings. The Morgan fingerprint density at radius 3 is 1.28 bits per heavy atom. The van der Waals surface area contributed by atoms with E-state index in [1.165, 1.54) is 10.8 Å². The number of nitrogens with zero attached hydrogens (tertiary/aromatic N) is 8. The van der Waals surface area contributed by atoms with Crippen LogP contribution in [-0.4, -0.2) is 39.9 Å². The number of para-hydroxylation sites is 5. The molecule has 0 amide bonds. The van der Waals surface area contributed by atoms with Gasteiger partial charge in [-0.3, -0.25) is 19.9 Å². The molecule has 0 bridgehead atoms. The van der Waals surface area contributed by atoms with Crippen molar-refractivity contribution in [3.8, 4) is 0 Å². The zero-order valence-corrected chi connectivity index (χ0v) is 28.5. The van der Waals surface area contributed by atoms with Gasteiger partial charge in [0.1, 0.15) is 17.5 Å². The van der Waals surface area contributed by atoms with Gasteiger partial charge >= 0.3 is 0 Å². The molecule has 11 aromatic rings. The van der Waals surface area contributed by atoms with Crippen molar-refractivity contribution in [1.29, 1.82) is 0 Å². The highest BCUT2D eigenvalue weighted by Gasteiger charge is 2.03. The Labute approximate surface area is 304 Å². The van der Waals surface area contributed by atoms with E-state index >= 15 is 0 Å². The summed E-state index contributed by atoms with van der Waals surface area (Å²) in [5.74, 6) is 0. The fraction of sp³-hybridized carbons (Fsp3) is 0. The highest BCUT2D eigenvalue weighted by Crippen LogP contribution is 2.27. The number of furan rings is 1. The summed E-state index contributed by atoms with van der Waals surface area (Å²) in [6.07, 6.45) is 13.8. The third kappa shape index (κ3) is 8.99. The van der Waals surface area contributed by atoms with E-state index in [0.717, 1.165) is 55.2 Å². The van der Waals surface area contributed by atoms with Crippen molar-refractivity contribution < 1.29 is 4.42 Å². The maximum Gasteiger partial charge on any atom is 0.159 e. The molecule has 53 heavy (non-hydrogen) atoms. The lowest BCUT2D eigenvalue weighted by atomic mass is 10.2. The second kappa shape index (κ2) is 17.4. The predicted octanol–water partition coefficient (Wildman–Crippen LogP) is 10.1. The van der Waals surface area contributed by atoms with Crippen molar-refractivity contribution in [2.45, 2.75) is 0 Å². The smallest absolute Gasteiger partial charge is 0.159 e. The van der Waals surface area contributed by atoms with Gasteiger partial charge in [-0.25, -0.2) is 19.9 Å². The first-order chi connectivity index (χ1) is 26.3. The minimum Gasteiger partial charge on any atom is -0.456 e. The Morgan fingerprint density at radius 2 is 0.736 bits per heavy atom. The number of hydrogen-bond donors (Lipinski definition) is 0. The molecule has 0 aliphatic carbocycles. The van der Waals surface area contributed by atoms with Crippen molar-refractivity contribution in [3.05, 3.63) is 195 Å². The van der Waals surface area contributed by atoms with E-state index in [0.29, 0.717) is 0 Å². The van der Waals surface area contributed by atoms with Crippen LogP contribution in [0.15, 0.2) is 200 Å². The average molecular weight is 689 g/mol. The third-order valence-corrected chi connectivity index (χ3v) is 7.82. The van der Waals surface area contributed by atoms with Crippen LogP contribution in [0.5, 0.6) is 0 Å². The zero-order valence-electron chi connectivity index (χ0n) is 28.5. The lowest BCUT2D eigenvalue weighted by molar-refractivity contribution is 0.669. The van der Waals surface area contributed by atoms with Gasteiger partial charge in [-0.2, -0.15) is 0 Å². The normalized spacial score (nSPS) is 10.3. The first-order valence-electron chi connectivity index (χ1n) is 16.8. The minimum absolute atomic E-state index is 0.810. The molecule has 7 aromatic heterocycles. The molecule has 7 heterocycles. The first kappa shape index (κ1) is 34.0. The molecular formula is C44H32N8O. The van der Waals surface area contributed by atoms with Crippen molar-refractivity contribution in [2.75, 3.05) is 0 Å². The van der Waals surface area contributed by atoms with Crippen LogP contribution in [0, 0.1) is 0 Å². The molecule has 0 N–H and O–H groups in total. The Hall–Kier alpha value is -7.52. The van der Waals surface area contributed by atoms with Gasteiger partial charge < -0.3 is 4.42 Å². The van der Waals surface area contributed by atoms with Crippen LogP contribution in [0.3, 0.4) is 0 Å². The monoisotopic (exact) mass is 688 g/mol. The van der Waals surface area contributed by atoms with Gasteiger partial charge in [-0.15, -0.1) is 0 Å². The Bertz CT molecular complexity index is 2250. The van der Waals surface area contributed by atoms with Crippen LogP contribution in [0.25, 0.3) is 65.9 Å². The number of fused-ring (bicyclic) bond motifs is 7. The predicted molar refractivity (Wildman–Crippen MR) is 212 cm³/mol. The molecule has 4 aromatic carbocycles. The number of benzene rings is 4. The summed E-state index contributed by atoms with van der Waals surface area (Å²) in [4.78, 5) is 32.6. The highest BCUT2D eigenvalue weighted by atomic mass is 16.3. The topological polar surface area (TPSA) is 116 Å². The number of rotatable bonds is 0. The largest absolute Gasteiger partial charge is 0.456 e. The third-order valence-electron chi connectivity index (χ3n) is 7.82. The summed E-state index contributed by atoms with van der Waals surface area (Å²) in [7, 11) is 0. The lowest BCUT2D eigenvalue weighted by Crippen LogP contribution is -1.78. The second-order valence-electron chi connectivity index (χ2n) is 11.3. The summed E-state index contributed by atoms with van der Waals surface area (Å²) in [5, 5.41) is 4.56. The van der Waals surface area contributed by atoms with Gasteiger partial charge in [-0.1, -0.05) is 66.7 Å². The van der Waals surface area contributed by atoms with Gasteiger partial charge in [-0.05, 0) is 78.9 Å². The first-order valence-corrected chi connectivity index (χ1v) is 16.8. The molecule has 0 spiro atoms. The maximum absolute atomic E-state index is 5.65. The summed E-state index contributed by atoms with van der Waals surface area (Å²) >= 11 is 0. The van der Waals surface area contributed by atoms with E-state index in [1.54, 1.807) is 43.5 Å². The quantitative estimate of drug-likeness (QED) is 0.153. The highest BCUT2D eigenvalue weighted by molar-refractivity contribution is 6.04. The van der Waals surface area contributed by atoms with Crippen LogP contribution >= 0.6 is 0 Å². The molecule has 0 saturated carbocycles. The van der Waals surface area contributed by atoms with Gasteiger partial charge in [0.05, 0.1) is 27.6 Å². The fourth-order valence-electron chi connectivity index (χ4n) is 5.32. The molecule has 254 valence electrons. The van der Waals surface area contributed by atoms with E-state index < -0.39 is 0 Å². The van der Waals surface area contributed by atoms with Crippen LogP contribution in [0.2, 0.25) is 0 Å². The van der Waals surface area contributed by atoms with E-state index in [-0.39, 0.29) is 0 Å². The zero-order chi connectivity index (χ0) is 35.9. The van der Waals surface area contributed by atoms with Crippen LogP contribution in [0.1, 0.15) is 0 Å². The van der Waals surface area contributed by atoms with Crippen LogP contribution < -0.4 is 0 Å². The fourth-order valence-corrected chi connectivity index (χ4v) is 5.32. The molecule has 0 unspecified atom stereocenters. The average Bonchev–Trinajstić information content (AvgIpc) is 3.64. The van der Waals surface area contributed by atoms with Crippen molar-refractivity contribution in [3.63, 3.8) is 0 Å². The summed E-state index contributed by atoms with van der Waals surface area (Å²) in [6.45, 7) is 0. The SMILES string of the molecule is c1ccc2c(c1)oc1ccccc12.c1ccc2nccnc2c1.c1ccc2ncncc2c1.c1cnc2cccnc2c1.c1cnc2ncccc2c1. The molecule has 11 rings (SSSR count). The number of pyridine rings is 4. The minimum atomic E-state index is 0.810. The van der Waals surface area contributed by atoms with Gasteiger partial charge in [0.2, 0.25) is 0 Å². The van der Waals surface area contributed by atoms with Crippen molar-refractivity contribution in [1.82, 2.24) is 39.9 Å². The number of hydrogen-bond acceptors (Lipinski definition) is 9. The van der Waals surface area contributed by atoms with Crippen molar-refractivity contribution in [2.24, 2.45) is 0 Å². The molecule has 0 saturated heterocycles. The molecule has 0 aliphatic heterocycles. The molecule has 9 heteroatoms. The summed E-state index contributed by atoms with van der Waals surface area (Å²) in [6, 6.07) is 47.4.